The van der Waals surface area contributed by atoms with E-state index in [2.05, 4.69) is 6.58 Å². The molecule has 0 amide bonds. The first-order chi connectivity index (χ1) is 10.4. The highest BCUT2D eigenvalue weighted by Crippen LogP contribution is 2.22. The Bertz CT molecular complexity index is 448. The van der Waals surface area contributed by atoms with Crippen LogP contribution in [0.5, 0.6) is 0 Å². The number of carbonyl (C=O) groups excluding carboxylic acids is 3. The molecule has 0 aliphatic rings. The Morgan fingerprint density at radius 1 is 1.04 bits per heavy atom. The second kappa shape index (κ2) is 9.29. The Morgan fingerprint density at radius 3 is 1.96 bits per heavy atom. The van der Waals surface area contributed by atoms with Gasteiger partial charge < -0.3 is 19.3 Å². The average molecular weight is 330 g/mol. The van der Waals surface area contributed by atoms with Gasteiger partial charge in [0.15, 0.2) is 6.10 Å². The molecule has 0 aliphatic heterocycles. The Labute approximate surface area is 136 Å². The van der Waals surface area contributed by atoms with E-state index in [9.17, 15) is 19.5 Å². The molecule has 0 heterocycles. The van der Waals surface area contributed by atoms with Crippen LogP contribution in [0, 0.1) is 0 Å². The molecule has 2 atom stereocenters. The van der Waals surface area contributed by atoms with Gasteiger partial charge in [-0.25, -0.2) is 0 Å². The lowest BCUT2D eigenvalue weighted by molar-refractivity contribution is -0.160. The number of carbonyl (C=O) groups is 3. The lowest BCUT2D eigenvalue weighted by Crippen LogP contribution is -2.39. The summed E-state index contributed by atoms with van der Waals surface area (Å²) in [4.78, 5) is 33.1. The van der Waals surface area contributed by atoms with E-state index in [0.29, 0.717) is 18.4 Å². The summed E-state index contributed by atoms with van der Waals surface area (Å²) in [5, 5.41) is 10.0. The van der Waals surface area contributed by atoms with E-state index >= 15 is 0 Å². The molecule has 0 aliphatic carbocycles. The molecule has 2 unspecified atom stereocenters. The summed E-state index contributed by atoms with van der Waals surface area (Å²) in [5.41, 5.74) is -0.721. The maximum absolute atomic E-state index is 11.1. The molecule has 0 spiro atoms. The molecule has 7 heteroatoms. The lowest BCUT2D eigenvalue weighted by Gasteiger charge is -2.29. The van der Waals surface area contributed by atoms with Crippen molar-refractivity contribution >= 4 is 17.9 Å². The van der Waals surface area contributed by atoms with Crippen LogP contribution < -0.4 is 0 Å². The van der Waals surface area contributed by atoms with Crippen molar-refractivity contribution in [1.82, 2.24) is 0 Å². The fraction of sp³-hybridized carbons (Fsp3) is 0.688. The quantitative estimate of drug-likeness (QED) is 0.389. The third kappa shape index (κ3) is 9.67. The summed E-state index contributed by atoms with van der Waals surface area (Å²) in [6.07, 6.45) is -0.902. The maximum atomic E-state index is 11.1. The van der Waals surface area contributed by atoms with Gasteiger partial charge >= 0.3 is 17.9 Å². The molecule has 7 nitrogen and oxygen atoms in total. The number of hydrogen-bond acceptors (Lipinski definition) is 7. The Balaban J connectivity index is 4.77. The zero-order chi connectivity index (χ0) is 18.2. The van der Waals surface area contributed by atoms with E-state index in [-0.39, 0.29) is 6.61 Å². The Kier molecular flexibility index (Phi) is 8.53. The molecule has 1 N–H and O–H groups in total. The van der Waals surface area contributed by atoms with E-state index in [1.807, 2.05) is 0 Å². The molecule has 0 saturated carbocycles. The number of esters is 3. The van der Waals surface area contributed by atoms with Crippen LogP contribution in [-0.4, -0.2) is 47.4 Å². The van der Waals surface area contributed by atoms with Gasteiger partial charge in [-0.2, -0.15) is 0 Å². The fourth-order valence-corrected chi connectivity index (χ4v) is 1.86. The number of hydrogen-bond donors (Lipinski definition) is 1. The zero-order valence-corrected chi connectivity index (χ0v) is 14.4. The van der Waals surface area contributed by atoms with Crippen molar-refractivity contribution < 1.29 is 33.7 Å². The van der Waals surface area contributed by atoms with Gasteiger partial charge in [-0.1, -0.05) is 6.58 Å². The van der Waals surface area contributed by atoms with Crippen molar-refractivity contribution in [3.8, 4) is 0 Å². The number of aliphatic hydroxyl groups is 1. The van der Waals surface area contributed by atoms with Gasteiger partial charge in [-0.05, 0) is 32.3 Å². The van der Waals surface area contributed by atoms with Crippen molar-refractivity contribution in [3.63, 3.8) is 0 Å². The first kappa shape index (κ1) is 21.1. The van der Waals surface area contributed by atoms with Gasteiger partial charge in [0.05, 0.1) is 5.60 Å². The summed E-state index contributed by atoms with van der Waals surface area (Å²) in [6, 6.07) is 0. The van der Waals surface area contributed by atoms with Crippen LogP contribution in [-0.2, 0) is 28.6 Å². The van der Waals surface area contributed by atoms with E-state index in [1.165, 1.54) is 34.6 Å². The second-order valence-electron chi connectivity index (χ2n) is 5.85. The topological polar surface area (TPSA) is 99.1 Å². The van der Waals surface area contributed by atoms with Gasteiger partial charge in [0.1, 0.15) is 12.7 Å². The summed E-state index contributed by atoms with van der Waals surface area (Å²) in [5.74, 6) is -1.52. The first-order valence-electron chi connectivity index (χ1n) is 7.31. The predicted octanol–water partition coefficient (Wildman–Crippen LogP) is 1.52. The third-order valence-electron chi connectivity index (χ3n) is 3.03. The van der Waals surface area contributed by atoms with Crippen LogP contribution in [0.2, 0.25) is 0 Å². The highest BCUT2D eigenvalue weighted by Gasteiger charge is 2.30. The minimum Gasteiger partial charge on any atom is -0.462 e. The molecule has 0 rings (SSSR count). The van der Waals surface area contributed by atoms with Crippen LogP contribution >= 0.6 is 0 Å². The fourth-order valence-electron chi connectivity index (χ4n) is 1.86. The van der Waals surface area contributed by atoms with Gasteiger partial charge in [-0.15, -0.1) is 0 Å². The predicted molar refractivity (Wildman–Crippen MR) is 82.4 cm³/mol. The van der Waals surface area contributed by atoms with E-state index < -0.39 is 35.7 Å². The highest BCUT2D eigenvalue weighted by atomic mass is 16.6. The number of ether oxygens (including phenoxy) is 3. The summed E-state index contributed by atoms with van der Waals surface area (Å²) < 4.78 is 15.0. The SMILES string of the molecule is C=C(CCC(OC(C)=O)C(C)(C)O)C(COC(C)=O)OC(C)=O. The Morgan fingerprint density at radius 2 is 1.57 bits per heavy atom. The molecule has 0 bridgehead atoms. The van der Waals surface area contributed by atoms with E-state index in [1.54, 1.807) is 0 Å². The molecule has 0 aromatic rings. The Hall–Kier alpha value is -1.89. The molecule has 0 fully saturated rings. The standard InChI is InChI=1S/C16H26O7/c1-10(14(22-12(3)18)9-21-11(2)17)7-8-15(16(5,6)20)23-13(4)19/h14-15,20H,1,7-9H2,2-6H3. The van der Waals surface area contributed by atoms with E-state index in [4.69, 9.17) is 14.2 Å². The smallest absolute Gasteiger partial charge is 0.303 e. The van der Waals surface area contributed by atoms with Crippen LogP contribution in [0.15, 0.2) is 12.2 Å². The largest absolute Gasteiger partial charge is 0.462 e. The minimum absolute atomic E-state index is 0.130. The van der Waals surface area contributed by atoms with Crippen molar-refractivity contribution in [1.29, 1.82) is 0 Å². The van der Waals surface area contributed by atoms with Crippen molar-refractivity contribution in [2.75, 3.05) is 6.61 Å². The highest BCUT2D eigenvalue weighted by molar-refractivity contribution is 5.67. The molecule has 23 heavy (non-hydrogen) atoms. The van der Waals surface area contributed by atoms with Gasteiger partial charge in [0.2, 0.25) is 0 Å². The normalized spacial score (nSPS) is 13.7. The van der Waals surface area contributed by atoms with Crippen LogP contribution in [0.3, 0.4) is 0 Å². The third-order valence-corrected chi connectivity index (χ3v) is 3.03. The second-order valence-corrected chi connectivity index (χ2v) is 5.85. The molecular formula is C16H26O7. The summed E-state index contributed by atoms with van der Waals surface area (Å²) in [6.45, 7) is 10.5. The van der Waals surface area contributed by atoms with Gasteiger partial charge in [0.25, 0.3) is 0 Å². The van der Waals surface area contributed by atoms with Gasteiger partial charge in [-0.3, -0.25) is 14.4 Å². The first-order valence-corrected chi connectivity index (χ1v) is 7.31. The average Bonchev–Trinajstić information content (AvgIpc) is 2.36. The van der Waals surface area contributed by atoms with Crippen molar-refractivity contribution in [2.24, 2.45) is 0 Å². The molecule has 0 aromatic heterocycles. The summed E-state index contributed by atoms with van der Waals surface area (Å²) in [7, 11) is 0. The maximum Gasteiger partial charge on any atom is 0.303 e. The molecular weight excluding hydrogens is 304 g/mol. The molecule has 132 valence electrons. The van der Waals surface area contributed by atoms with Crippen LogP contribution in [0.1, 0.15) is 47.5 Å². The van der Waals surface area contributed by atoms with Crippen LogP contribution in [0.25, 0.3) is 0 Å². The summed E-state index contributed by atoms with van der Waals surface area (Å²) >= 11 is 0. The zero-order valence-electron chi connectivity index (χ0n) is 14.4. The van der Waals surface area contributed by atoms with Crippen LogP contribution in [0.4, 0.5) is 0 Å². The van der Waals surface area contributed by atoms with Crippen molar-refractivity contribution in [3.05, 3.63) is 12.2 Å². The lowest BCUT2D eigenvalue weighted by atomic mass is 9.94. The number of rotatable bonds is 9. The molecule has 0 saturated heterocycles. The monoisotopic (exact) mass is 330 g/mol. The van der Waals surface area contributed by atoms with Gasteiger partial charge in [0, 0.05) is 20.8 Å². The van der Waals surface area contributed by atoms with Crippen molar-refractivity contribution in [2.45, 2.75) is 65.3 Å². The minimum atomic E-state index is -1.22. The van der Waals surface area contributed by atoms with E-state index in [0.717, 1.165) is 0 Å². The molecule has 0 aromatic carbocycles. The molecule has 0 radical (unpaired) electrons.